The molecule has 0 aliphatic rings. The molecule has 0 amide bonds. The average Bonchev–Trinajstić information content (AvgIpc) is 2.56. The van der Waals surface area contributed by atoms with Crippen LogP contribution in [0.1, 0.15) is 10.5 Å². The summed E-state index contributed by atoms with van der Waals surface area (Å²) in [5.74, 6) is -0.990. The zero-order valence-corrected chi connectivity index (χ0v) is 13.7. The van der Waals surface area contributed by atoms with Gasteiger partial charge in [-0.1, -0.05) is 6.07 Å². The fourth-order valence-corrected chi connectivity index (χ4v) is 0.489. The average molecular weight is 362 g/mol. The molecule has 22 heavy (non-hydrogen) atoms. The monoisotopic (exact) mass is 362 g/mol. The number of nitrogens with two attached hydrogens (primary N) is 6. The van der Waals surface area contributed by atoms with Crippen molar-refractivity contribution in [2.45, 2.75) is 0 Å². The number of aromatic carboxylic acids is 1. The maximum absolute atomic E-state index is 10.1. The van der Waals surface area contributed by atoms with E-state index in [9.17, 15) is 4.79 Å². The van der Waals surface area contributed by atoms with Gasteiger partial charge < -0.3 is 39.5 Å². The first kappa shape index (κ1) is 29.0. The van der Waals surface area contributed by atoms with Crippen LogP contribution in [0.3, 0.4) is 0 Å². The SMILES string of the molecule is NCCN.NCCN.NCCN.O=C(O)c1ccccn1.[Co]. The van der Waals surface area contributed by atoms with E-state index >= 15 is 0 Å². The molecular weight excluding hydrogens is 333 g/mol. The number of pyridine rings is 1. The number of nitrogens with zero attached hydrogens (tertiary/aromatic N) is 1. The molecule has 1 heterocycles. The van der Waals surface area contributed by atoms with Gasteiger partial charge in [0.25, 0.3) is 0 Å². The van der Waals surface area contributed by atoms with Crippen LogP contribution in [0, 0.1) is 0 Å². The fraction of sp³-hybridized carbons (Fsp3) is 0.500. The van der Waals surface area contributed by atoms with Crippen LogP contribution < -0.4 is 34.4 Å². The summed E-state index contributed by atoms with van der Waals surface area (Å²) < 4.78 is 0. The van der Waals surface area contributed by atoms with Crippen molar-refractivity contribution < 1.29 is 26.7 Å². The molecule has 1 aromatic rings. The molecule has 0 saturated carbocycles. The van der Waals surface area contributed by atoms with Crippen molar-refractivity contribution in [1.82, 2.24) is 4.98 Å². The van der Waals surface area contributed by atoms with Crippen molar-refractivity contribution in [2.75, 3.05) is 39.3 Å². The minimum Gasteiger partial charge on any atom is -0.477 e. The Bertz CT molecular complexity index is 289. The van der Waals surface area contributed by atoms with Crippen LogP contribution >= 0.6 is 0 Å². The topological polar surface area (TPSA) is 206 Å². The van der Waals surface area contributed by atoms with Gasteiger partial charge in [0.2, 0.25) is 0 Å². The predicted octanol–water partition coefficient (Wildman–Crippen LogP) is -2.51. The van der Waals surface area contributed by atoms with E-state index in [-0.39, 0.29) is 22.5 Å². The molecule has 0 aliphatic carbocycles. The zero-order chi connectivity index (χ0) is 16.9. The molecule has 13 N–H and O–H groups in total. The Morgan fingerprint density at radius 3 is 1.36 bits per heavy atom. The third kappa shape index (κ3) is 31.3. The first-order chi connectivity index (χ1) is 10.0. The molecule has 0 aromatic carbocycles. The van der Waals surface area contributed by atoms with Crippen molar-refractivity contribution in [2.24, 2.45) is 34.4 Å². The zero-order valence-electron chi connectivity index (χ0n) is 12.7. The summed E-state index contributed by atoms with van der Waals surface area (Å²) in [5, 5.41) is 8.32. The number of carbonyl (C=O) groups is 1. The van der Waals surface area contributed by atoms with Gasteiger partial charge >= 0.3 is 5.97 Å². The molecule has 0 unspecified atom stereocenters. The van der Waals surface area contributed by atoms with Crippen LogP contribution in [0.4, 0.5) is 0 Å². The summed E-state index contributed by atoms with van der Waals surface area (Å²) in [6.07, 6.45) is 1.45. The predicted molar refractivity (Wildman–Crippen MR) is 85.5 cm³/mol. The normalized spacial score (nSPS) is 7.73. The van der Waals surface area contributed by atoms with E-state index in [0.717, 1.165) is 0 Å². The molecule has 0 atom stereocenters. The van der Waals surface area contributed by atoms with Crippen molar-refractivity contribution in [3.05, 3.63) is 30.1 Å². The van der Waals surface area contributed by atoms with Gasteiger partial charge in [-0.15, -0.1) is 0 Å². The molecule has 1 rings (SSSR count). The largest absolute Gasteiger partial charge is 0.477 e. The van der Waals surface area contributed by atoms with Crippen molar-refractivity contribution in [1.29, 1.82) is 0 Å². The van der Waals surface area contributed by atoms with E-state index < -0.39 is 5.97 Å². The Balaban J connectivity index is -0.000000107. The molecule has 1 aromatic heterocycles. The minimum atomic E-state index is -0.990. The third-order valence-electron chi connectivity index (χ3n) is 1.38. The van der Waals surface area contributed by atoms with Gasteiger partial charge in [0.05, 0.1) is 0 Å². The smallest absolute Gasteiger partial charge is 0.354 e. The molecule has 10 heteroatoms. The van der Waals surface area contributed by atoms with Crippen molar-refractivity contribution in [3.8, 4) is 0 Å². The van der Waals surface area contributed by atoms with Gasteiger partial charge in [0.15, 0.2) is 0 Å². The van der Waals surface area contributed by atoms with E-state index in [1.165, 1.54) is 12.3 Å². The van der Waals surface area contributed by atoms with E-state index in [1.807, 2.05) is 0 Å². The summed E-state index contributed by atoms with van der Waals surface area (Å²) in [7, 11) is 0. The molecule has 1 radical (unpaired) electrons. The van der Waals surface area contributed by atoms with Gasteiger partial charge in [-0.05, 0) is 12.1 Å². The van der Waals surface area contributed by atoms with Crippen LogP contribution in [0.5, 0.6) is 0 Å². The minimum absolute atomic E-state index is 0. The fourth-order valence-electron chi connectivity index (χ4n) is 0.489. The van der Waals surface area contributed by atoms with Crippen molar-refractivity contribution in [3.63, 3.8) is 0 Å². The van der Waals surface area contributed by atoms with Crippen LogP contribution in [0.15, 0.2) is 24.4 Å². The summed E-state index contributed by atoms with van der Waals surface area (Å²) in [6.45, 7) is 3.58. The molecule has 0 spiro atoms. The molecule has 0 bridgehead atoms. The van der Waals surface area contributed by atoms with Gasteiger partial charge in [-0.3, -0.25) is 0 Å². The molecular formula is C12H29CoN7O2. The number of hydrogen-bond acceptors (Lipinski definition) is 8. The summed E-state index contributed by atoms with van der Waals surface area (Å²) in [5.41, 5.74) is 29.5. The number of hydrogen-bond donors (Lipinski definition) is 7. The second kappa shape index (κ2) is 28.1. The molecule has 133 valence electrons. The first-order valence-corrected chi connectivity index (χ1v) is 6.40. The Morgan fingerprint density at radius 1 is 0.864 bits per heavy atom. The van der Waals surface area contributed by atoms with Gasteiger partial charge in [0.1, 0.15) is 5.69 Å². The van der Waals surface area contributed by atoms with E-state index in [2.05, 4.69) is 4.98 Å². The molecule has 0 aliphatic heterocycles. The number of rotatable bonds is 4. The second-order valence-electron chi connectivity index (χ2n) is 3.25. The van der Waals surface area contributed by atoms with Crippen LogP contribution in [-0.4, -0.2) is 55.3 Å². The molecule has 9 nitrogen and oxygen atoms in total. The number of aromatic nitrogens is 1. The third-order valence-corrected chi connectivity index (χ3v) is 1.38. The maximum Gasteiger partial charge on any atom is 0.354 e. The van der Waals surface area contributed by atoms with Crippen LogP contribution in [0.2, 0.25) is 0 Å². The molecule has 0 saturated heterocycles. The van der Waals surface area contributed by atoms with E-state index in [4.69, 9.17) is 39.5 Å². The van der Waals surface area contributed by atoms with Gasteiger partial charge in [0, 0.05) is 62.2 Å². The Morgan fingerprint density at radius 2 is 1.23 bits per heavy atom. The van der Waals surface area contributed by atoms with E-state index in [0.29, 0.717) is 39.3 Å². The quantitative estimate of drug-likeness (QED) is 0.301. The van der Waals surface area contributed by atoms with Crippen molar-refractivity contribution >= 4 is 5.97 Å². The Kier molecular flexibility index (Phi) is 37.0. The summed E-state index contributed by atoms with van der Waals surface area (Å²) in [6, 6.07) is 4.76. The summed E-state index contributed by atoms with van der Waals surface area (Å²) >= 11 is 0. The Labute approximate surface area is 142 Å². The summed E-state index contributed by atoms with van der Waals surface area (Å²) in [4.78, 5) is 13.7. The molecule has 0 fully saturated rings. The van der Waals surface area contributed by atoms with Gasteiger partial charge in [-0.2, -0.15) is 0 Å². The maximum atomic E-state index is 10.1. The van der Waals surface area contributed by atoms with Crippen LogP contribution in [-0.2, 0) is 16.8 Å². The van der Waals surface area contributed by atoms with Gasteiger partial charge in [-0.25, -0.2) is 9.78 Å². The van der Waals surface area contributed by atoms with E-state index in [1.54, 1.807) is 12.1 Å². The second-order valence-corrected chi connectivity index (χ2v) is 3.25. The van der Waals surface area contributed by atoms with Crippen LogP contribution in [0.25, 0.3) is 0 Å². The number of carboxylic acids is 1. The standard InChI is InChI=1S/C6H5NO2.3C2H8N2.Co/c8-6(9)5-3-1-2-4-7-5;3*3-1-2-4;/h1-4H,(H,8,9);3*1-4H2;. The Hall–Kier alpha value is -1.11. The number of carboxylic acid groups (broad SMARTS) is 1. The first-order valence-electron chi connectivity index (χ1n) is 6.40.